The van der Waals surface area contributed by atoms with Gasteiger partial charge in [0.1, 0.15) is 17.9 Å². The minimum atomic E-state index is -4.91. The molecule has 0 radical (unpaired) electrons. The molecule has 0 aliphatic carbocycles. The van der Waals surface area contributed by atoms with Crippen LogP contribution in [-0.4, -0.2) is 34.0 Å². The van der Waals surface area contributed by atoms with Crippen molar-refractivity contribution in [3.05, 3.63) is 53.9 Å². The number of aromatic nitrogens is 2. The summed E-state index contributed by atoms with van der Waals surface area (Å²) in [6.07, 6.45) is -3.92. The summed E-state index contributed by atoms with van der Waals surface area (Å²) in [6.45, 7) is 3.00. The van der Waals surface area contributed by atoms with Gasteiger partial charge in [0.05, 0.1) is 7.11 Å². The van der Waals surface area contributed by atoms with Crippen molar-refractivity contribution in [3.8, 4) is 5.75 Å². The Morgan fingerprint density at radius 1 is 1.15 bits per heavy atom. The normalized spacial score (nSPS) is 14.8. The Kier molecular flexibility index (Phi) is 5.55. The number of nitrogens with zero attached hydrogens (tertiary/aromatic N) is 2. The van der Waals surface area contributed by atoms with Crippen molar-refractivity contribution in [2.45, 2.75) is 43.9 Å². The van der Waals surface area contributed by atoms with Crippen molar-refractivity contribution >= 4 is 0 Å². The second kappa shape index (κ2) is 7.19. The lowest BCUT2D eigenvalue weighted by atomic mass is 9.73. The molecule has 1 atom stereocenters. The quantitative estimate of drug-likeness (QED) is 0.783. The molecule has 2 aromatic rings. The molecular formula is C18H20F4N2O2. The number of methoxy groups -OCH3 is 1. The van der Waals surface area contributed by atoms with E-state index >= 15 is 0 Å². The van der Waals surface area contributed by atoms with Crippen LogP contribution < -0.4 is 4.74 Å². The lowest BCUT2D eigenvalue weighted by molar-refractivity contribution is -0.266. The highest BCUT2D eigenvalue weighted by molar-refractivity contribution is 5.39. The van der Waals surface area contributed by atoms with Gasteiger partial charge in [-0.05, 0) is 36.1 Å². The zero-order chi connectivity index (χ0) is 19.6. The first kappa shape index (κ1) is 20.1. The zero-order valence-corrected chi connectivity index (χ0v) is 14.6. The fourth-order valence-corrected chi connectivity index (χ4v) is 3.02. The fraction of sp³-hybridized carbons (Fsp3) is 0.444. The molecule has 1 aromatic carbocycles. The van der Waals surface area contributed by atoms with Crippen molar-refractivity contribution in [3.63, 3.8) is 0 Å². The summed E-state index contributed by atoms with van der Waals surface area (Å²) >= 11 is 0. The predicted octanol–water partition coefficient (Wildman–Crippen LogP) is 3.83. The third kappa shape index (κ3) is 4.30. The molecular weight excluding hydrogens is 352 g/mol. The molecule has 1 heterocycles. The van der Waals surface area contributed by atoms with Gasteiger partial charge in [-0.2, -0.15) is 13.2 Å². The van der Waals surface area contributed by atoms with Crippen LogP contribution in [0.4, 0.5) is 17.6 Å². The second-order valence-corrected chi connectivity index (χ2v) is 6.81. The maximum absolute atomic E-state index is 13.7. The Bertz CT molecular complexity index is 751. The maximum atomic E-state index is 13.7. The van der Waals surface area contributed by atoms with Crippen LogP contribution in [0.3, 0.4) is 0 Å². The van der Waals surface area contributed by atoms with Crippen LogP contribution in [0.2, 0.25) is 0 Å². The van der Waals surface area contributed by atoms with Gasteiger partial charge in [0.15, 0.2) is 5.60 Å². The fourth-order valence-electron chi connectivity index (χ4n) is 3.02. The molecule has 8 heteroatoms. The topological polar surface area (TPSA) is 55.2 Å². The molecule has 1 aromatic heterocycles. The van der Waals surface area contributed by atoms with E-state index in [4.69, 9.17) is 4.74 Å². The third-order valence-corrected chi connectivity index (χ3v) is 4.27. The Hall–Kier alpha value is -2.22. The molecule has 2 rings (SSSR count). The largest absolute Gasteiger partial charge is 0.496 e. The van der Waals surface area contributed by atoms with E-state index in [0.717, 1.165) is 18.5 Å². The van der Waals surface area contributed by atoms with Crippen LogP contribution in [0.25, 0.3) is 0 Å². The summed E-state index contributed by atoms with van der Waals surface area (Å²) in [5.41, 5.74) is -3.99. The Morgan fingerprint density at radius 2 is 1.85 bits per heavy atom. The third-order valence-electron chi connectivity index (χ3n) is 4.27. The number of benzene rings is 1. The van der Waals surface area contributed by atoms with E-state index in [-0.39, 0.29) is 17.0 Å². The van der Waals surface area contributed by atoms with E-state index in [1.54, 1.807) is 0 Å². The zero-order valence-electron chi connectivity index (χ0n) is 14.6. The molecule has 0 amide bonds. The van der Waals surface area contributed by atoms with Gasteiger partial charge >= 0.3 is 6.18 Å². The van der Waals surface area contributed by atoms with Crippen LogP contribution in [0.5, 0.6) is 5.75 Å². The van der Waals surface area contributed by atoms with Gasteiger partial charge in [-0.25, -0.2) is 14.4 Å². The standard InChI is InChI=1S/C18H20F4N2O2/c1-16(2,14-8-12(19)4-5-15(14)26-3)10-17(25,18(20,21)22)9-13-6-7-23-11-24-13/h4-8,11,25H,9-10H2,1-3H3. The lowest BCUT2D eigenvalue weighted by Gasteiger charge is -2.38. The van der Waals surface area contributed by atoms with Crippen molar-refractivity contribution in [2.24, 2.45) is 0 Å². The van der Waals surface area contributed by atoms with E-state index < -0.39 is 35.9 Å². The Morgan fingerprint density at radius 3 is 2.38 bits per heavy atom. The minimum Gasteiger partial charge on any atom is -0.496 e. The summed E-state index contributed by atoms with van der Waals surface area (Å²) in [6, 6.07) is 4.95. The van der Waals surface area contributed by atoms with Crippen molar-refractivity contribution < 1.29 is 27.4 Å². The highest BCUT2D eigenvalue weighted by Crippen LogP contribution is 2.44. The number of hydrogen-bond donors (Lipinski definition) is 1. The first-order valence-electron chi connectivity index (χ1n) is 7.86. The van der Waals surface area contributed by atoms with E-state index in [9.17, 15) is 22.7 Å². The Labute approximate surface area is 148 Å². The van der Waals surface area contributed by atoms with Gasteiger partial charge in [0, 0.05) is 23.9 Å². The number of aliphatic hydroxyl groups is 1. The molecule has 142 valence electrons. The molecule has 4 nitrogen and oxygen atoms in total. The van der Waals surface area contributed by atoms with E-state index in [0.29, 0.717) is 0 Å². The van der Waals surface area contributed by atoms with Crippen LogP contribution in [0.1, 0.15) is 31.5 Å². The van der Waals surface area contributed by atoms with Gasteiger partial charge in [-0.3, -0.25) is 0 Å². The van der Waals surface area contributed by atoms with Gasteiger partial charge in [0.25, 0.3) is 0 Å². The Balaban J connectivity index is 2.43. The second-order valence-electron chi connectivity index (χ2n) is 6.81. The van der Waals surface area contributed by atoms with E-state index in [1.807, 2.05) is 0 Å². The summed E-state index contributed by atoms with van der Waals surface area (Å²) in [5.74, 6) is -0.344. The number of alkyl halides is 3. The minimum absolute atomic E-state index is 0.0573. The van der Waals surface area contributed by atoms with Crippen LogP contribution >= 0.6 is 0 Å². The summed E-state index contributed by atoms with van der Waals surface area (Å²) in [4.78, 5) is 7.43. The molecule has 0 aliphatic heterocycles. The van der Waals surface area contributed by atoms with Crippen LogP contribution in [0, 0.1) is 5.82 Å². The molecule has 1 N–H and O–H groups in total. The number of ether oxygens (including phenoxy) is 1. The average Bonchev–Trinajstić information content (AvgIpc) is 2.54. The van der Waals surface area contributed by atoms with Gasteiger partial charge in [-0.15, -0.1) is 0 Å². The van der Waals surface area contributed by atoms with E-state index in [1.165, 1.54) is 39.3 Å². The predicted molar refractivity (Wildman–Crippen MR) is 87.3 cm³/mol. The lowest BCUT2D eigenvalue weighted by Crippen LogP contribution is -2.51. The first-order valence-corrected chi connectivity index (χ1v) is 7.86. The van der Waals surface area contributed by atoms with Gasteiger partial charge in [-0.1, -0.05) is 13.8 Å². The highest BCUT2D eigenvalue weighted by atomic mass is 19.4. The summed E-state index contributed by atoms with van der Waals surface area (Å²) in [5, 5.41) is 10.5. The molecule has 0 aliphatic rings. The van der Waals surface area contributed by atoms with Crippen LogP contribution in [0.15, 0.2) is 36.8 Å². The highest BCUT2D eigenvalue weighted by Gasteiger charge is 2.56. The average molecular weight is 372 g/mol. The molecule has 0 saturated carbocycles. The smallest absolute Gasteiger partial charge is 0.417 e. The van der Waals surface area contributed by atoms with Gasteiger partial charge < -0.3 is 9.84 Å². The molecule has 0 saturated heterocycles. The van der Waals surface area contributed by atoms with E-state index in [2.05, 4.69) is 9.97 Å². The van der Waals surface area contributed by atoms with Crippen LogP contribution in [-0.2, 0) is 11.8 Å². The molecule has 0 spiro atoms. The molecule has 1 unspecified atom stereocenters. The maximum Gasteiger partial charge on any atom is 0.417 e. The summed E-state index contributed by atoms with van der Waals surface area (Å²) in [7, 11) is 1.35. The first-order chi connectivity index (χ1) is 12.0. The summed E-state index contributed by atoms with van der Waals surface area (Å²) < 4.78 is 59.9. The molecule has 0 bridgehead atoms. The monoisotopic (exact) mass is 372 g/mol. The SMILES string of the molecule is COc1ccc(F)cc1C(C)(C)CC(O)(Cc1ccncn1)C(F)(F)F. The number of rotatable bonds is 6. The van der Waals surface area contributed by atoms with Crippen molar-refractivity contribution in [1.82, 2.24) is 9.97 Å². The number of hydrogen-bond acceptors (Lipinski definition) is 4. The van der Waals surface area contributed by atoms with Gasteiger partial charge in [0.2, 0.25) is 0 Å². The molecule has 26 heavy (non-hydrogen) atoms. The van der Waals surface area contributed by atoms with Crippen molar-refractivity contribution in [1.29, 1.82) is 0 Å². The molecule has 0 fully saturated rings. The van der Waals surface area contributed by atoms with Crippen molar-refractivity contribution in [2.75, 3.05) is 7.11 Å². The number of halogens is 4.